The standard InChI is InChI=1S/C16H19N3O3/c1-12-3-2-4-13(11-12)19-15(20)6-5-14(17-19)16(21)18-7-9-22-10-8-18/h2-4,11H,5-10H2,1H3. The average Bonchev–Trinajstić information content (AvgIpc) is 2.55. The molecule has 2 amide bonds. The number of rotatable bonds is 2. The number of aryl methyl sites for hydroxylation is 1. The zero-order chi connectivity index (χ0) is 15.5. The van der Waals surface area contributed by atoms with Gasteiger partial charge in [-0.05, 0) is 24.6 Å². The monoisotopic (exact) mass is 301 g/mol. The molecule has 0 aromatic heterocycles. The Labute approximate surface area is 129 Å². The van der Waals surface area contributed by atoms with Crippen molar-refractivity contribution in [3.63, 3.8) is 0 Å². The van der Waals surface area contributed by atoms with Crippen LogP contribution in [0, 0.1) is 6.92 Å². The van der Waals surface area contributed by atoms with Gasteiger partial charge in [0.25, 0.3) is 5.91 Å². The zero-order valence-corrected chi connectivity index (χ0v) is 12.6. The summed E-state index contributed by atoms with van der Waals surface area (Å²) in [7, 11) is 0. The SMILES string of the molecule is Cc1cccc(N2N=C(C(=O)N3CCOCC3)CCC2=O)c1. The third-order valence-corrected chi connectivity index (χ3v) is 3.82. The van der Waals surface area contributed by atoms with Crippen LogP contribution in [0.3, 0.4) is 0 Å². The predicted molar refractivity (Wildman–Crippen MR) is 82.7 cm³/mol. The van der Waals surface area contributed by atoms with Crippen molar-refractivity contribution in [3.8, 4) is 0 Å². The van der Waals surface area contributed by atoms with Gasteiger partial charge in [0.05, 0.1) is 18.9 Å². The fourth-order valence-electron chi connectivity index (χ4n) is 2.62. The van der Waals surface area contributed by atoms with E-state index in [0.717, 1.165) is 5.56 Å². The van der Waals surface area contributed by atoms with E-state index < -0.39 is 0 Å². The first kappa shape index (κ1) is 14.7. The van der Waals surface area contributed by atoms with E-state index >= 15 is 0 Å². The number of anilines is 1. The molecule has 1 aromatic carbocycles. The molecule has 6 nitrogen and oxygen atoms in total. The van der Waals surface area contributed by atoms with Gasteiger partial charge in [0.2, 0.25) is 5.91 Å². The maximum absolute atomic E-state index is 12.5. The molecule has 2 heterocycles. The number of hydrogen-bond acceptors (Lipinski definition) is 4. The van der Waals surface area contributed by atoms with Gasteiger partial charge in [-0.15, -0.1) is 0 Å². The van der Waals surface area contributed by atoms with E-state index in [2.05, 4.69) is 5.10 Å². The second kappa shape index (κ2) is 6.27. The second-order valence-electron chi connectivity index (χ2n) is 5.50. The lowest BCUT2D eigenvalue weighted by Gasteiger charge is -2.29. The summed E-state index contributed by atoms with van der Waals surface area (Å²) >= 11 is 0. The highest BCUT2D eigenvalue weighted by Gasteiger charge is 2.29. The van der Waals surface area contributed by atoms with Crippen molar-refractivity contribution in [3.05, 3.63) is 29.8 Å². The lowest BCUT2D eigenvalue weighted by molar-refractivity contribution is -0.128. The topological polar surface area (TPSA) is 62.2 Å². The molecule has 0 N–H and O–H groups in total. The zero-order valence-electron chi connectivity index (χ0n) is 12.6. The van der Waals surface area contributed by atoms with Crippen molar-refractivity contribution in [2.24, 2.45) is 5.10 Å². The van der Waals surface area contributed by atoms with Gasteiger partial charge in [-0.1, -0.05) is 12.1 Å². The molecule has 0 saturated carbocycles. The highest BCUT2D eigenvalue weighted by atomic mass is 16.5. The highest BCUT2D eigenvalue weighted by Crippen LogP contribution is 2.21. The average molecular weight is 301 g/mol. The quantitative estimate of drug-likeness (QED) is 0.828. The van der Waals surface area contributed by atoms with Crippen molar-refractivity contribution in [2.45, 2.75) is 19.8 Å². The molecule has 0 atom stereocenters. The van der Waals surface area contributed by atoms with E-state index in [4.69, 9.17) is 4.74 Å². The van der Waals surface area contributed by atoms with Gasteiger partial charge in [-0.25, -0.2) is 5.01 Å². The normalized spacial score (nSPS) is 19.1. The highest BCUT2D eigenvalue weighted by molar-refractivity contribution is 6.40. The molecule has 0 spiro atoms. The number of carbonyl (C=O) groups excluding carboxylic acids is 2. The lowest BCUT2D eigenvalue weighted by Crippen LogP contribution is -2.46. The van der Waals surface area contributed by atoms with E-state index in [1.807, 2.05) is 31.2 Å². The van der Waals surface area contributed by atoms with Crippen LogP contribution in [-0.2, 0) is 14.3 Å². The summed E-state index contributed by atoms with van der Waals surface area (Å²) in [6.45, 7) is 4.23. The Hall–Kier alpha value is -2.21. The number of hydrogen-bond donors (Lipinski definition) is 0. The van der Waals surface area contributed by atoms with Crippen LogP contribution in [-0.4, -0.2) is 48.7 Å². The van der Waals surface area contributed by atoms with Crippen LogP contribution < -0.4 is 5.01 Å². The Bertz CT molecular complexity index is 621. The molecule has 2 aliphatic rings. The third-order valence-electron chi connectivity index (χ3n) is 3.82. The summed E-state index contributed by atoms with van der Waals surface area (Å²) in [6, 6.07) is 7.56. The molecule has 0 bridgehead atoms. The number of hydrazone groups is 1. The maximum atomic E-state index is 12.5. The molecule has 6 heteroatoms. The van der Waals surface area contributed by atoms with Crippen LogP contribution in [0.1, 0.15) is 18.4 Å². The minimum atomic E-state index is -0.0894. The molecule has 1 fully saturated rings. The van der Waals surface area contributed by atoms with Crippen LogP contribution in [0.4, 0.5) is 5.69 Å². The Balaban J connectivity index is 1.84. The maximum Gasteiger partial charge on any atom is 0.270 e. The van der Waals surface area contributed by atoms with Crippen molar-refractivity contribution in [1.82, 2.24) is 4.90 Å². The number of benzene rings is 1. The molecule has 1 aromatic rings. The Morgan fingerprint density at radius 1 is 1.23 bits per heavy atom. The number of amides is 2. The van der Waals surface area contributed by atoms with Crippen LogP contribution in [0.2, 0.25) is 0 Å². The van der Waals surface area contributed by atoms with E-state index in [-0.39, 0.29) is 11.8 Å². The minimum absolute atomic E-state index is 0.0795. The first-order chi connectivity index (χ1) is 10.6. The number of morpholine rings is 1. The Kier molecular flexibility index (Phi) is 4.20. The van der Waals surface area contributed by atoms with Crippen LogP contribution in [0.15, 0.2) is 29.4 Å². The molecule has 1 saturated heterocycles. The minimum Gasteiger partial charge on any atom is -0.378 e. The predicted octanol–water partition coefficient (Wildman–Crippen LogP) is 1.34. The molecule has 2 aliphatic heterocycles. The summed E-state index contributed by atoms with van der Waals surface area (Å²) in [5.74, 6) is -0.169. The van der Waals surface area contributed by atoms with Crippen LogP contribution in [0.25, 0.3) is 0 Å². The first-order valence-corrected chi connectivity index (χ1v) is 7.49. The molecule has 0 aliphatic carbocycles. The van der Waals surface area contributed by atoms with Crippen molar-refractivity contribution >= 4 is 23.2 Å². The molecule has 0 radical (unpaired) electrons. The molecule has 0 unspecified atom stereocenters. The number of carbonyl (C=O) groups is 2. The summed E-state index contributed by atoms with van der Waals surface area (Å²) in [4.78, 5) is 26.4. The number of nitrogens with zero attached hydrogens (tertiary/aromatic N) is 3. The van der Waals surface area contributed by atoms with Gasteiger partial charge in [-0.2, -0.15) is 5.10 Å². The van der Waals surface area contributed by atoms with Crippen LogP contribution >= 0.6 is 0 Å². The van der Waals surface area contributed by atoms with E-state index in [9.17, 15) is 9.59 Å². The van der Waals surface area contributed by atoms with Gasteiger partial charge in [0, 0.05) is 25.9 Å². The van der Waals surface area contributed by atoms with Crippen molar-refractivity contribution < 1.29 is 14.3 Å². The molecule has 3 rings (SSSR count). The summed E-state index contributed by atoms with van der Waals surface area (Å²) in [5.41, 5.74) is 2.20. The number of ether oxygens (including phenoxy) is 1. The van der Waals surface area contributed by atoms with Gasteiger partial charge in [-0.3, -0.25) is 9.59 Å². The van der Waals surface area contributed by atoms with Gasteiger partial charge in [0.15, 0.2) is 0 Å². The largest absolute Gasteiger partial charge is 0.378 e. The smallest absolute Gasteiger partial charge is 0.270 e. The van der Waals surface area contributed by atoms with E-state index in [1.54, 1.807) is 4.90 Å². The van der Waals surface area contributed by atoms with Crippen LogP contribution in [0.5, 0.6) is 0 Å². The van der Waals surface area contributed by atoms with Crippen molar-refractivity contribution in [1.29, 1.82) is 0 Å². The Morgan fingerprint density at radius 2 is 2.00 bits per heavy atom. The fraction of sp³-hybridized carbons (Fsp3) is 0.438. The first-order valence-electron chi connectivity index (χ1n) is 7.49. The third kappa shape index (κ3) is 3.01. The molecule has 116 valence electrons. The van der Waals surface area contributed by atoms with Crippen molar-refractivity contribution in [2.75, 3.05) is 31.3 Å². The second-order valence-corrected chi connectivity index (χ2v) is 5.50. The summed E-state index contributed by atoms with van der Waals surface area (Å²) in [6.07, 6.45) is 0.709. The van der Waals surface area contributed by atoms with E-state index in [1.165, 1.54) is 5.01 Å². The summed E-state index contributed by atoms with van der Waals surface area (Å²) in [5, 5.41) is 5.67. The van der Waals surface area contributed by atoms with Gasteiger partial charge < -0.3 is 9.64 Å². The van der Waals surface area contributed by atoms with Gasteiger partial charge >= 0.3 is 0 Å². The van der Waals surface area contributed by atoms with E-state index in [0.29, 0.717) is 50.5 Å². The Morgan fingerprint density at radius 3 is 2.73 bits per heavy atom. The molecular weight excluding hydrogens is 282 g/mol. The molecular formula is C16H19N3O3. The fourth-order valence-corrected chi connectivity index (χ4v) is 2.62. The molecule has 22 heavy (non-hydrogen) atoms. The van der Waals surface area contributed by atoms with Gasteiger partial charge in [0.1, 0.15) is 5.71 Å². The summed E-state index contributed by atoms with van der Waals surface area (Å²) < 4.78 is 5.26. The lowest BCUT2D eigenvalue weighted by atomic mass is 10.1.